The van der Waals surface area contributed by atoms with Gasteiger partial charge in [0.15, 0.2) is 5.76 Å². The van der Waals surface area contributed by atoms with Crippen molar-refractivity contribution >= 4 is 69.2 Å². The van der Waals surface area contributed by atoms with E-state index in [4.69, 9.17) is 49.0 Å². The lowest BCUT2D eigenvalue weighted by Crippen LogP contribution is -3.00. The van der Waals surface area contributed by atoms with Crippen LogP contribution in [0.15, 0.2) is 35.8 Å². The molecule has 2 atom stereocenters. The van der Waals surface area contributed by atoms with Crippen molar-refractivity contribution in [3.05, 3.63) is 79.2 Å². The monoisotopic (exact) mass is 827 g/mol. The Morgan fingerprint density at radius 1 is 0.759 bits per heavy atom. The maximum atomic E-state index is 12.9. The summed E-state index contributed by atoms with van der Waals surface area (Å²) in [5.74, 6) is -0.228. The van der Waals surface area contributed by atoms with Crippen molar-refractivity contribution in [1.29, 1.82) is 0 Å². The highest BCUT2D eigenvalue weighted by Crippen LogP contribution is 2.43. The second kappa shape index (κ2) is 18.4. The molecule has 0 saturated carbocycles. The number of carbonyl (C=O) groups is 4. The van der Waals surface area contributed by atoms with Crippen molar-refractivity contribution in [2.24, 2.45) is 0 Å². The Bertz CT molecular complexity index is 1800. The zero-order chi connectivity index (χ0) is 39.4. The first-order valence-corrected chi connectivity index (χ1v) is 18.3. The number of halogens is 4. The predicted octanol–water partition coefficient (Wildman–Crippen LogP) is 3.86. The fraction of sp³-hybridized carbons (Fsp3) is 0.474. The number of hydrogen-bond acceptors (Lipinski definition) is 8. The second-order valence-electron chi connectivity index (χ2n) is 14.1. The Kier molecular flexibility index (Phi) is 15.3. The molecule has 2 aromatic rings. The Balaban J connectivity index is 0.000000252. The zero-order valence-corrected chi connectivity index (χ0v) is 34.7. The number of aryl methyl sites for hydroxylation is 4. The summed E-state index contributed by atoms with van der Waals surface area (Å²) in [6, 6.07) is 7.52. The maximum Gasteiger partial charge on any atom is 0.414 e. The van der Waals surface area contributed by atoms with E-state index in [2.05, 4.69) is 10.6 Å². The van der Waals surface area contributed by atoms with Crippen LogP contribution in [0.1, 0.15) is 59.1 Å². The highest BCUT2D eigenvalue weighted by molar-refractivity contribution is 6.62. The van der Waals surface area contributed by atoms with E-state index in [1.54, 1.807) is 40.3 Å². The topological polar surface area (TPSA) is 147 Å². The van der Waals surface area contributed by atoms with Crippen LogP contribution in [0.3, 0.4) is 0 Å². The van der Waals surface area contributed by atoms with Crippen LogP contribution in [0, 0.1) is 27.7 Å². The third-order valence-corrected chi connectivity index (χ3v) is 10.2. The van der Waals surface area contributed by atoms with Crippen molar-refractivity contribution in [2.45, 2.75) is 64.5 Å². The molecule has 0 aromatic heterocycles. The summed E-state index contributed by atoms with van der Waals surface area (Å²) in [6.45, 7) is 9.51. The minimum Gasteiger partial charge on any atom is -1.00 e. The molecule has 6 rings (SSSR count). The molecule has 2 spiro atoms. The van der Waals surface area contributed by atoms with Gasteiger partial charge in [0.1, 0.15) is 16.8 Å². The van der Waals surface area contributed by atoms with Gasteiger partial charge in [-0.25, -0.2) is 4.79 Å². The van der Waals surface area contributed by atoms with Gasteiger partial charge < -0.3 is 52.2 Å². The molecule has 54 heavy (non-hydrogen) atoms. The first kappa shape index (κ1) is 44.9. The number of aliphatic hydroxyl groups is 1. The Morgan fingerprint density at radius 2 is 1.19 bits per heavy atom. The quantitative estimate of drug-likeness (QED) is 0.313. The van der Waals surface area contributed by atoms with Crippen molar-refractivity contribution < 1.29 is 50.9 Å². The predicted molar refractivity (Wildman–Crippen MR) is 205 cm³/mol. The van der Waals surface area contributed by atoms with E-state index in [0.717, 1.165) is 35.1 Å². The van der Waals surface area contributed by atoms with Crippen LogP contribution in [0.2, 0.25) is 10.0 Å². The average molecular weight is 830 g/mol. The minimum atomic E-state index is -0.836. The highest BCUT2D eigenvalue weighted by Gasteiger charge is 2.50. The molecule has 4 aliphatic rings. The van der Waals surface area contributed by atoms with Crippen LogP contribution < -0.4 is 23.0 Å². The molecule has 2 saturated heterocycles. The lowest BCUT2D eigenvalue weighted by atomic mass is 9.89. The molecule has 296 valence electrons. The average Bonchev–Trinajstić information content (AvgIpc) is 3.45. The van der Waals surface area contributed by atoms with Gasteiger partial charge in [-0.3, -0.25) is 14.4 Å². The summed E-state index contributed by atoms with van der Waals surface area (Å²) in [6.07, 6.45) is 2.34. The summed E-state index contributed by atoms with van der Waals surface area (Å²) >= 11 is 17.7. The number of ether oxygens (including phenoxy) is 3. The van der Waals surface area contributed by atoms with Crippen LogP contribution in [0.25, 0.3) is 11.1 Å². The number of nitrogens with zero attached hydrogens (tertiary/aromatic N) is 2. The Morgan fingerprint density at radius 3 is 1.59 bits per heavy atom. The van der Waals surface area contributed by atoms with Gasteiger partial charge in [0.2, 0.25) is 0 Å². The molecule has 2 aromatic carbocycles. The standard InChI is InChI=1S/C19H23ClN2O4.C16H18ClNO3.C3H6ClNO.ClH/c1-11-8-12(2)14(13(20)9-11)15-16(26-18(24)22(3)4)19(21-17(15)23)6-5-7-25-10-19;1-9-6-10(2)12(11(17)7-9)13-14(19)16(18-15(13)20)4-3-5-21-8-16;1-5(2)3(4)6;/h8-9H,5-7,10H2,1-4H3,(H,21,23);6-7,19H,3-5,8H2,1-2H3,(H,18,20);1-2H3;1H/p-1. The number of carbonyl (C=O) groups excluding carboxylic acids is 4. The molecule has 12 nitrogen and oxygen atoms in total. The molecule has 0 radical (unpaired) electrons. The maximum absolute atomic E-state index is 12.9. The number of benzene rings is 2. The number of rotatable bonds is 3. The van der Waals surface area contributed by atoms with Gasteiger partial charge in [-0.2, -0.15) is 0 Å². The van der Waals surface area contributed by atoms with Gasteiger partial charge in [0.05, 0.1) is 24.4 Å². The molecule has 16 heteroatoms. The summed E-state index contributed by atoms with van der Waals surface area (Å²) in [7, 11) is 6.38. The van der Waals surface area contributed by atoms with Gasteiger partial charge >= 0.3 is 11.5 Å². The molecular formula is C38H47Cl4N4O8-. The van der Waals surface area contributed by atoms with E-state index in [9.17, 15) is 24.3 Å². The van der Waals surface area contributed by atoms with E-state index in [-0.39, 0.29) is 42.2 Å². The largest absolute Gasteiger partial charge is 1.00 e. The van der Waals surface area contributed by atoms with Crippen LogP contribution in [0.5, 0.6) is 0 Å². The van der Waals surface area contributed by atoms with Crippen molar-refractivity contribution in [1.82, 2.24) is 20.4 Å². The molecule has 4 amide bonds. The first-order chi connectivity index (χ1) is 24.8. The molecule has 4 heterocycles. The van der Waals surface area contributed by atoms with Crippen molar-refractivity contribution in [3.8, 4) is 0 Å². The van der Waals surface area contributed by atoms with E-state index in [0.29, 0.717) is 65.2 Å². The number of hydrogen-bond donors (Lipinski definition) is 3. The van der Waals surface area contributed by atoms with Gasteiger partial charge in [-0.15, -0.1) is 0 Å². The fourth-order valence-corrected chi connectivity index (χ4v) is 7.60. The van der Waals surface area contributed by atoms with Crippen LogP contribution >= 0.6 is 34.8 Å². The number of amides is 4. The fourth-order valence-electron chi connectivity index (χ4n) is 6.77. The first-order valence-electron chi connectivity index (χ1n) is 17.1. The molecule has 2 fully saturated rings. The summed E-state index contributed by atoms with van der Waals surface area (Å²) in [5.41, 5.74) is 3.93. The SMILES string of the molecule is CN(C)C(=O)Cl.Cc1cc(C)c(C2=C(O)C3(CCCOC3)NC2=O)c(Cl)c1.Cc1cc(C)c(C2=C(OC(=O)N(C)C)C3(CCCOC3)NC2=O)c(Cl)c1.[Cl-]. The normalized spacial score (nSPS) is 21.7. The van der Waals surface area contributed by atoms with Crippen LogP contribution in [-0.2, 0) is 23.8 Å². The molecule has 4 aliphatic heterocycles. The zero-order valence-electron chi connectivity index (χ0n) is 31.7. The van der Waals surface area contributed by atoms with Gasteiger partial charge in [-0.1, -0.05) is 35.3 Å². The smallest absolute Gasteiger partial charge is 0.414 e. The van der Waals surface area contributed by atoms with E-state index in [1.165, 1.54) is 9.80 Å². The minimum absolute atomic E-state index is 0. The highest BCUT2D eigenvalue weighted by atomic mass is 35.5. The second-order valence-corrected chi connectivity index (χ2v) is 15.2. The summed E-state index contributed by atoms with van der Waals surface area (Å²) in [4.78, 5) is 50.1. The Labute approximate surface area is 337 Å². The van der Waals surface area contributed by atoms with E-state index in [1.807, 2.05) is 39.8 Å². The Hall–Kier alpha value is -3.52. The van der Waals surface area contributed by atoms with Crippen molar-refractivity contribution in [2.75, 3.05) is 54.6 Å². The van der Waals surface area contributed by atoms with Crippen LogP contribution in [0.4, 0.5) is 9.59 Å². The van der Waals surface area contributed by atoms with Gasteiger partial charge in [0.25, 0.3) is 11.8 Å². The third kappa shape index (κ3) is 9.64. The lowest BCUT2D eigenvalue weighted by molar-refractivity contribution is -0.118. The third-order valence-electron chi connectivity index (χ3n) is 9.26. The number of aliphatic hydroxyl groups excluding tert-OH is 1. The van der Waals surface area contributed by atoms with Crippen LogP contribution in [-0.4, -0.2) is 104 Å². The summed E-state index contributed by atoms with van der Waals surface area (Å²) < 4.78 is 16.7. The van der Waals surface area contributed by atoms with Gasteiger partial charge in [0, 0.05) is 62.6 Å². The number of nitrogens with one attached hydrogen (secondary N) is 2. The molecule has 2 unspecified atom stereocenters. The lowest BCUT2D eigenvalue weighted by Gasteiger charge is -2.35. The molecule has 3 N–H and O–H groups in total. The molecular weight excluding hydrogens is 782 g/mol. The summed E-state index contributed by atoms with van der Waals surface area (Å²) in [5, 5.41) is 17.0. The molecule has 0 bridgehead atoms. The van der Waals surface area contributed by atoms with E-state index >= 15 is 0 Å². The van der Waals surface area contributed by atoms with Gasteiger partial charge in [-0.05, 0) is 99.4 Å². The molecule has 0 aliphatic carbocycles. The van der Waals surface area contributed by atoms with E-state index < -0.39 is 22.5 Å². The van der Waals surface area contributed by atoms with Crippen molar-refractivity contribution in [3.63, 3.8) is 0 Å².